The zero-order chi connectivity index (χ0) is 14.5. The summed E-state index contributed by atoms with van der Waals surface area (Å²) in [6, 6.07) is 0. The summed E-state index contributed by atoms with van der Waals surface area (Å²) in [4.78, 5) is 11.5. The van der Waals surface area contributed by atoms with Gasteiger partial charge in [0.15, 0.2) is 0 Å². The van der Waals surface area contributed by atoms with Crippen LogP contribution in [0, 0.1) is 17.8 Å². The molecule has 0 saturated heterocycles. The molecule has 1 aliphatic carbocycles. The maximum Gasteiger partial charge on any atom is 0.306 e. The van der Waals surface area contributed by atoms with Crippen molar-refractivity contribution in [2.24, 2.45) is 17.8 Å². The number of carbonyl (C=O) groups is 1. The molecule has 1 aromatic heterocycles. The van der Waals surface area contributed by atoms with Crippen molar-refractivity contribution >= 4 is 5.97 Å². The second-order valence-corrected chi connectivity index (χ2v) is 6.08. The topological polar surface area (TPSA) is 55.1 Å². The van der Waals surface area contributed by atoms with E-state index in [9.17, 15) is 9.90 Å². The van der Waals surface area contributed by atoms with E-state index in [2.05, 4.69) is 25.1 Å². The third kappa shape index (κ3) is 3.62. The Morgan fingerprint density at radius 1 is 1.45 bits per heavy atom. The Morgan fingerprint density at radius 3 is 2.85 bits per heavy atom. The molecular formula is C16H26N2O2. The smallest absolute Gasteiger partial charge is 0.306 e. The molecule has 4 nitrogen and oxygen atoms in total. The molecule has 112 valence electrons. The third-order valence-corrected chi connectivity index (χ3v) is 4.61. The van der Waals surface area contributed by atoms with E-state index < -0.39 is 5.97 Å². The molecule has 1 aromatic rings. The van der Waals surface area contributed by atoms with E-state index >= 15 is 0 Å². The number of aryl methyl sites for hydroxylation is 1. The Morgan fingerprint density at radius 2 is 2.25 bits per heavy atom. The highest BCUT2D eigenvalue weighted by atomic mass is 16.4. The van der Waals surface area contributed by atoms with Crippen LogP contribution >= 0.6 is 0 Å². The predicted octanol–water partition coefficient (Wildman–Crippen LogP) is 3.36. The van der Waals surface area contributed by atoms with Gasteiger partial charge in [0, 0.05) is 12.7 Å². The van der Waals surface area contributed by atoms with Crippen molar-refractivity contribution in [1.82, 2.24) is 9.78 Å². The number of nitrogens with zero attached hydrogens (tertiary/aromatic N) is 2. The quantitative estimate of drug-likeness (QED) is 0.868. The van der Waals surface area contributed by atoms with Gasteiger partial charge in [-0.15, -0.1) is 0 Å². The SMILES string of the molecule is CCCC1CCC(C(=O)O)C(Cc2cnn(CC)c2)C1. The largest absolute Gasteiger partial charge is 0.481 e. The summed E-state index contributed by atoms with van der Waals surface area (Å²) in [6.07, 6.45) is 10.2. The molecule has 1 heterocycles. The maximum atomic E-state index is 11.5. The number of hydrogen-bond donors (Lipinski definition) is 1. The van der Waals surface area contributed by atoms with Crippen molar-refractivity contribution in [2.45, 2.75) is 58.9 Å². The van der Waals surface area contributed by atoms with E-state index in [0.717, 1.165) is 32.2 Å². The molecule has 1 fully saturated rings. The normalized spacial score (nSPS) is 26.6. The lowest BCUT2D eigenvalue weighted by atomic mass is 9.71. The molecule has 0 bridgehead atoms. The molecule has 0 spiro atoms. The molecule has 1 N–H and O–H groups in total. The molecule has 0 aromatic carbocycles. The molecule has 3 atom stereocenters. The fourth-order valence-corrected chi connectivity index (χ4v) is 3.57. The Bertz CT molecular complexity index is 441. The van der Waals surface area contributed by atoms with Gasteiger partial charge in [0.1, 0.15) is 0 Å². The summed E-state index contributed by atoms with van der Waals surface area (Å²) in [7, 11) is 0. The van der Waals surface area contributed by atoms with Crippen LogP contribution < -0.4 is 0 Å². The van der Waals surface area contributed by atoms with Crippen LogP contribution in [0.1, 0.15) is 51.5 Å². The van der Waals surface area contributed by atoms with Crippen LogP contribution in [0.25, 0.3) is 0 Å². The number of hydrogen-bond acceptors (Lipinski definition) is 2. The number of carboxylic acid groups (broad SMARTS) is 1. The molecule has 2 rings (SSSR count). The highest BCUT2D eigenvalue weighted by molar-refractivity contribution is 5.70. The first-order chi connectivity index (χ1) is 9.63. The number of aromatic nitrogens is 2. The van der Waals surface area contributed by atoms with Crippen molar-refractivity contribution in [3.05, 3.63) is 18.0 Å². The fourth-order valence-electron chi connectivity index (χ4n) is 3.57. The molecule has 20 heavy (non-hydrogen) atoms. The minimum Gasteiger partial charge on any atom is -0.481 e. The Balaban J connectivity index is 2.04. The summed E-state index contributed by atoms with van der Waals surface area (Å²) in [5.41, 5.74) is 1.18. The monoisotopic (exact) mass is 278 g/mol. The summed E-state index contributed by atoms with van der Waals surface area (Å²) < 4.78 is 1.91. The average molecular weight is 278 g/mol. The van der Waals surface area contributed by atoms with Gasteiger partial charge in [-0.05, 0) is 50.0 Å². The molecule has 0 radical (unpaired) electrons. The van der Waals surface area contributed by atoms with Crippen LogP contribution in [0.5, 0.6) is 0 Å². The van der Waals surface area contributed by atoms with Crippen LogP contribution in [0.4, 0.5) is 0 Å². The zero-order valence-corrected chi connectivity index (χ0v) is 12.6. The van der Waals surface area contributed by atoms with E-state index in [1.165, 1.54) is 18.4 Å². The lowest BCUT2D eigenvalue weighted by Gasteiger charge is -2.33. The van der Waals surface area contributed by atoms with Crippen molar-refractivity contribution < 1.29 is 9.90 Å². The second-order valence-electron chi connectivity index (χ2n) is 6.08. The second kappa shape index (κ2) is 6.91. The van der Waals surface area contributed by atoms with Crippen LogP contribution in [-0.2, 0) is 17.8 Å². The summed E-state index contributed by atoms with van der Waals surface area (Å²) in [5, 5.41) is 13.7. The first-order valence-corrected chi connectivity index (χ1v) is 7.88. The molecule has 3 unspecified atom stereocenters. The van der Waals surface area contributed by atoms with Gasteiger partial charge in [-0.1, -0.05) is 19.8 Å². The third-order valence-electron chi connectivity index (χ3n) is 4.61. The van der Waals surface area contributed by atoms with Gasteiger partial charge < -0.3 is 5.11 Å². The molecular weight excluding hydrogens is 252 g/mol. The first-order valence-electron chi connectivity index (χ1n) is 7.88. The average Bonchev–Trinajstić information content (AvgIpc) is 2.87. The number of aliphatic carboxylic acids is 1. The Hall–Kier alpha value is -1.32. The van der Waals surface area contributed by atoms with Gasteiger partial charge in [0.2, 0.25) is 0 Å². The Kier molecular flexibility index (Phi) is 5.21. The van der Waals surface area contributed by atoms with Crippen molar-refractivity contribution in [3.63, 3.8) is 0 Å². The molecule has 1 saturated carbocycles. The summed E-state index contributed by atoms with van der Waals surface area (Å²) in [6.45, 7) is 5.14. The van der Waals surface area contributed by atoms with Gasteiger partial charge in [-0.25, -0.2) is 0 Å². The number of rotatable bonds is 6. The van der Waals surface area contributed by atoms with E-state index in [1.807, 2.05) is 10.9 Å². The zero-order valence-electron chi connectivity index (χ0n) is 12.6. The van der Waals surface area contributed by atoms with Crippen LogP contribution in [0.2, 0.25) is 0 Å². The molecule has 4 heteroatoms. The van der Waals surface area contributed by atoms with Gasteiger partial charge in [-0.2, -0.15) is 5.10 Å². The maximum absolute atomic E-state index is 11.5. The van der Waals surface area contributed by atoms with Crippen molar-refractivity contribution in [3.8, 4) is 0 Å². The number of carboxylic acids is 1. The first kappa shape index (κ1) is 15.1. The van der Waals surface area contributed by atoms with Gasteiger partial charge in [0.25, 0.3) is 0 Å². The van der Waals surface area contributed by atoms with Crippen LogP contribution in [0.3, 0.4) is 0 Å². The van der Waals surface area contributed by atoms with Crippen molar-refractivity contribution in [2.75, 3.05) is 0 Å². The molecule has 0 aliphatic heterocycles. The van der Waals surface area contributed by atoms with E-state index in [4.69, 9.17) is 0 Å². The van der Waals surface area contributed by atoms with E-state index in [1.54, 1.807) is 0 Å². The van der Waals surface area contributed by atoms with Crippen molar-refractivity contribution in [1.29, 1.82) is 0 Å². The minimum atomic E-state index is -0.618. The van der Waals surface area contributed by atoms with Gasteiger partial charge in [-0.3, -0.25) is 9.48 Å². The molecule has 1 aliphatic rings. The van der Waals surface area contributed by atoms with E-state index in [0.29, 0.717) is 5.92 Å². The lowest BCUT2D eigenvalue weighted by Crippen LogP contribution is -2.32. The standard InChI is InChI=1S/C16H26N2O2/c1-3-5-12-6-7-15(16(19)20)14(8-12)9-13-10-17-18(4-2)11-13/h10-12,14-15H,3-9H2,1-2H3,(H,19,20). The highest BCUT2D eigenvalue weighted by Crippen LogP contribution is 2.38. The lowest BCUT2D eigenvalue weighted by molar-refractivity contribution is -0.145. The van der Waals surface area contributed by atoms with E-state index in [-0.39, 0.29) is 11.8 Å². The predicted molar refractivity (Wildman–Crippen MR) is 78.5 cm³/mol. The minimum absolute atomic E-state index is 0.173. The van der Waals surface area contributed by atoms with Gasteiger partial charge >= 0.3 is 5.97 Å². The van der Waals surface area contributed by atoms with Crippen LogP contribution in [0.15, 0.2) is 12.4 Å². The Labute approximate surface area is 121 Å². The summed E-state index contributed by atoms with van der Waals surface area (Å²) in [5.74, 6) is 0.190. The van der Waals surface area contributed by atoms with Gasteiger partial charge in [0.05, 0.1) is 12.1 Å². The molecule has 0 amide bonds. The summed E-state index contributed by atoms with van der Waals surface area (Å²) >= 11 is 0. The van der Waals surface area contributed by atoms with Crippen LogP contribution in [-0.4, -0.2) is 20.9 Å². The highest BCUT2D eigenvalue weighted by Gasteiger charge is 2.34. The fraction of sp³-hybridized carbons (Fsp3) is 0.750.